The number of hydrogen-bond acceptors (Lipinski definition) is 3. The van der Waals surface area contributed by atoms with Crippen molar-refractivity contribution in [1.29, 1.82) is 0 Å². The first-order valence-corrected chi connectivity index (χ1v) is 6.28. The molecule has 0 atom stereocenters. The van der Waals surface area contributed by atoms with Crippen LogP contribution in [0.25, 0.3) is 0 Å². The SMILES string of the molecule is CCCn1cccc1C(=O)Nc1cccnc1C(=O)O. The van der Waals surface area contributed by atoms with Crippen molar-refractivity contribution >= 4 is 17.6 Å². The normalized spacial score (nSPS) is 10.2. The molecule has 6 nitrogen and oxygen atoms in total. The first-order valence-electron chi connectivity index (χ1n) is 6.28. The molecule has 0 aliphatic carbocycles. The van der Waals surface area contributed by atoms with E-state index in [0.29, 0.717) is 5.69 Å². The van der Waals surface area contributed by atoms with Crippen LogP contribution in [0.5, 0.6) is 0 Å². The van der Waals surface area contributed by atoms with Crippen molar-refractivity contribution in [2.24, 2.45) is 0 Å². The molecule has 2 aromatic rings. The Morgan fingerprint density at radius 3 is 2.85 bits per heavy atom. The van der Waals surface area contributed by atoms with Crippen LogP contribution in [0.15, 0.2) is 36.7 Å². The number of nitrogens with zero attached hydrogens (tertiary/aromatic N) is 2. The molecule has 2 rings (SSSR count). The molecule has 1 amide bonds. The Kier molecular flexibility index (Phi) is 4.14. The van der Waals surface area contributed by atoms with Crippen molar-refractivity contribution in [3.05, 3.63) is 48.0 Å². The second-order valence-corrected chi connectivity index (χ2v) is 4.25. The average molecular weight is 273 g/mol. The van der Waals surface area contributed by atoms with E-state index in [1.807, 2.05) is 17.7 Å². The van der Waals surface area contributed by atoms with E-state index in [-0.39, 0.29) is 17.3 Å². The molecule has 0 saturated heterocycles. The fourth-order valence-electron chi connectivity index (χ4n) is 1.92. The molecule has 0 radical (unpaired) electrons. The van der Waals surface area contributed by atoms with E-state index in [1.165, 1.54) is 12.3 Å². The van der Waals surface area contributed by atoms with Gasteiger partial charge in [0.2, 0.25) is 0 Å². The van der Waals surface area contributed by atoms with E-state index >= 15 is 0 Å². The molecule has 0 unspecified atom stereocenters. The topological polar surface area (TPSA) is 84.2 Å². The van der Waals surface area contributed by atoms with Crippen LogP contribution in [0.1, 0.15) is 34.3 Å². The standard InChI is InChI=1S/C14H15N3O3/c1-2-8-17-9-4-6-11(17)13(18)16-10-5-3-7-15-12(10)14(19)20/h3-7,9H,2,8H2,1H3,(H,16,18)(H,19,20). The highest BCUT2D eigenvalue weighted by Gasteiger charge is 2.16. The fourth-order valence-corrected chi connectivity index (χ4v) is 1.92. The van der Waals surface area contributed by atoms with Crippen molar-refractivity contribution in [3.8, 4) is 0 Å². The van der Waals surface area contributed by atoms with E-state index in [9.17, 15) is 9.59 Å². The second kappa shape index (κ2) is 6.01. The maximum absolute atomic E-state index is 12.2. The number of rotatable bonds is 5. The van der Waals surface area contributed by atoms with Crippen LogP contribution in [-0.2, 0) is 6.54 Å². The number of nitrogens with one attached hydrogen (secondary N) is 1. The number of anilines is 1. The predicted octanol–water partition coefficient (Wildman–Crippen LogP) is 2.24. The molecular formula is C14H15N3O3. The number of carboxylic acid groups (broad SMARTS) is 1. The summed E-state index contributed by atoms with van der Waals surface area (Å²) in [6.45, 7) is 2.75. The molecule has 104 valence electrons. The van der Waals surface area contributed by atoms with Gasteiger partial charge in [-0.3, -0.25) is 4.79 Å². The molecule has 0 saturated carbocycles. The summed E-state index contributed by atoms with van der Waals surface area (Å²) < 4.78 is 1.83. The summed E-state index contributed by atoms with van der Waals surface area (Å²) in [5.74, 6) is -1.52. The summed E-state index contributed by atoms with van der Waals surface area (Å²) >= 11 is 0. The largest absolute Gasteiger partial charge is 0.476 e. The Bertz CT molecular complexity index is 634. The highest BCUT2D eigenvalue weighted by molar-refractivity contribution is 6.06. The Morgan fingerprint density at radius 1 is 1.35 bits per heavy atom. The lowest BCUT2D eigenvalue weighted by atomic mass is 10.2. The minimum absolute atomic E-state index is 0.172. The van der Waals surface area contributed by atoms with Gasteiger partial charge in [0.15, 0.2) is 5.69 Å². The summed E-state index contributed by atoms with van der Waals surface area (Å²) in [4.78, 5) is 27.0. The van der Waals surface area contributed by atoms with Crippen LogP contribution in [0.4, 0.5) is 5.69 Å². The highest BCUT2D eigenvalue weighted by Crippen LogP contribution is 2.14. The highest BCUT2D eigenvalue weighted by atomic mass is 16.4. The van der Waals surface area contributed by atoms with Crippen molar-refractivity contribution in [2.45, 2.75) is 19.9 Å². The zero-order valence-corrected chi connectivity index (χ0v) is 11.0. The van der Waals surface area contributed by atoms with Crippen molar-refractivity contribution in [1.82, 2.24) is 9.55 Å². The maximum atomic E-state index is 12.2. The Hall–Kier alpha value is -2.63. The number of aromatic carboxylic acids is 1. The Labute approximate surface area is 116 Å². The number of hydrogen-bond donors (Lipinski definition) is 2. The van der Waals surface area contributed by atoms with Gasteiger partial charge in [0.05, 0.1) is 5.69 Å². The number of aryl methyl sites for hydroxylation is 1. The lowest BCUT2D eigenvalue weighted by Gasteiger charge is -2.10. The summed E-state index contributed by atoms with van der Waals surface area (Å²) in [7, 11) is 0. The van der Waals surface area contributed by atoms with Gasteiger partial charge < -0.3 is 15.0 Å². The molecule has 0 spiro atoms. The van der Waals surface area contributed by atoms with Gasteiger partial charge in [-0.2, -0.15) is 0 Å². The predicted molar refractivity (Wildman–Crippen MR) is 73.9 cm³/mol. The van der Waals surface area contributed by atoms with Crippen LogP contribution < -0.4 is 5.32 Å². The molecule has 0 bridgehead atoms. The minimum atomic E-state index is -1.18. The third-order valence-electron chi connectivity index (χ3n) is 2.79. The summed E-state index contributed by atoms with van der Waals surface area (Å²) in [5, 5.41) is 11.6. The lowest BCUT2D eigenvalue weighted by Crippen LogP contribution is -2.19. The van der Waals surface area contributed by atoms with Crippen LogP contribution >= 0.6 is 0 Å². The van der Waals surface area contributed by atoms with E-state index < -0.39 is 5.97 Å². The zero-order chi connectivity index (χ0) is 14.5. The summed E-state index contributed by atoms with van der Waals surface area (Å²) in [5.41, 5.74) is 0.510. The second-order valence-electron chi connectivity index (χ2n) is 4.25. The number of pyridine rings is 1. The van der Waals surface area contributed by atoms with Gasteiger partial charge in [-0.1, -0.05) is 6.92 Å². The Morgan fingerprint density at radius 2 is 2.15 bits per heavy atom. The van der Waals surface area contributed by atoms with Crippen LogP contribution in [0.3, 0.4) is 0 Å². The number of carbonyl (C=O) groups excluding carboxylic acids is 1. The average Bonchev–Trinajstić information content (AvgIpc) is 2.88. The van der Waals surface area contributed by atoms with Gasteiger partial charge in [0.25, 0.3) is 5.91 Å². The molecular weight excluding hydrogens is 258 g/mol. The molecule has 0 fully saturated rings. The molecule has 6 heteroatoms. The monoisotopic (exact) mass is 273 g/mol. The molecule has 0 aromatic carbocycles. The summed E-state index contributed by atoms with van der Waals surface area (Å²) in [6.07, 6.45) is 4.10. The van der Waals surface area contributed by atoms with E-state index in [0.717, 1.165) is 13.0 Å². The molecule has 0 aliphatic heterocycles. The molecule has 2 N–H and O–H groups in total. The first kappa shape index (κ1) is 13.8. The zero-order valence-electron chi connectivity index (χ0n) is 11.0. The smallest absolute Gasteiger partial charge is 0.356 e. The van der Waals surface area contributed by atoms with Gasteiger partial charge in [0.1, 0.15) is 5.69 Å². The number of carboxylic acids is 1. The van der Waals surface area contributed by atoms with Gasteiger partial charge in [0, 0.05) is 18.9 Å². The maximum Gasteiger partial charge on any atom is 0.356 e. The van der Waals surface area contributed by atoms with Gasteiger partial charge >= 0.3 is 5.97 Å². The van der Waals surface area contributed by atoms with Gasteiger partial charge in [-0.25, -0.2) is 9.78 Å². The van der Waals surface area contributed by atoms with Crippen molar-refractivity contribution in [2.75, 3.05) is 5.32 Å². The molecule has 2 heterocycles. The summed E-state index contributed by atoms with van der Waals surface area (Å²) in [6, 6.07) is 6.57. The van der Waals surface area contributed by atoms with Gasteiger partial charge in [-0.15, -0.1) is 0 Å². The van der Waals surface area contributed by atoms with E-state index in [1.54, 1.807) is 18.2 Å². The number of aromatic nitrogens is 2. The minimum Gasteiger partial charge on any atom is -0.476 e. The third kappa shape index (κ3) is 2.85. The quantitative estimate of drug-likeness (QED) is 0.875. The first-order chi connectivity index (χ1) is 9.63. The Balaban J connectivity index is 2.24. The van der Waals surface area contributed by atoms with Crippen LogP contribution in [0, 0.1) is 0 Å². The van der Waals surface area contributed by atoms with Crippen molar-refractivity contribution in [3.63, 3.8) is 0 Å². The molecule has 0 aliphatic rings. The van der Waals surface area contributed by atoms with E-state index in [2.05, 4.69) is 10.3 Å². The van der Waals surface area contributed by atoms with Gasteiger partial charge in [-0.05, 0) is 30.7 Å². The van der Waals surface area contributed by atoms with Crippen molar-refractivity contribution < 1.29 is 14.7 Å². The van der Waals surface area contributed by atoms with Crippen LogP contribution in [-0.4, -0.2) is 26.5 Å². The fraction of sp³-hybridized carbons (Fsp3) is 0.214. The number of amides is 1. The molecule has 2 aromatic heterocycles. The third-order valence-corrected chi connectivity index (χ3v) is 2.79. The molecule has 20 heavy (non-hydrogen) atoms. The number of carbonyl (C=O) groups is 2. The lowest BCUT2D eigenvalue weighted by molar-refractivity contribution is 0.0692. The van der Waals surface area contributed by atoms with Crippen LogP contribution in [0.2, 0.25) is 0 Å². The van der Waals surface area contributed by atoms with E-state index in [4.69, 9.17) is 5.11 Å².